The van der Waals surface area contributed by atoms with Gasteiger partial charge in [-0.25, -0.2) is 9.18 Å². The van der Waals surface area contributed by atoms with Crippen LogP contribution in [0.3, 0.4) is 0 Å². The number of hydrogen-bond donors (Lipinski definition) is 2. The first kappa shape index (κ1) is 18.0. The smallest absolute Gasteiger partial charge is 0.318 e. The number of rotatable bonds is 2. The van der Waals surface area contributed by atoms with Crippen molar-refractivity contribution in [2.45, 2.75) is 17.4 Å². The Balaban J connectivity index is 1.38. The number of piperazine rings is 1. The van der Waals surface area contributed by atoms with Gasteiger partial charge in [-0.05, 0) is 42.3 Å². The van der Waals surface area contributed by atoms with Crippen molar-refractivity contribution < 1.29 is 14.3 Å². The molecule has 4 rings (SSSR count). The lowest BCUT2D eigenvalue weighted by Gasteiger charge is -2.37. The number of amides is 2. The first-order chi connectivity index (χ1) is 13.1. The number of anilines is 1. The van der Waals surface area contributed by atoms with E-state index in [0.29, 0.717) is 26.2 Å². The van der Waals surface area contributed by atoms with Crippen LogP contribution in [0.15, 0.2) is 47.4 Å². The number of thioether (sulfide) groups is 1. The Labute approximate surface area is 162 Å². The van der Waals surface area contributed by atoms with Crippen LogP contribution in [0, 0.1) is 5.82 Å². The number of halogens is 1. The van der Waals surface area contributed by atoms with E-state index in [1.54, 1.807) is 34.9 Å². The molecule has 1 fully saturated rings. The highest BCUT2D eigenvalue weighted by atomic mass is 32.2. The number of para-hydroxylation sites is 2. The number of phenols is 1. The number of aromatic hydroxyl groups is 1. The minimum absolute atomic E-state index is 0.112. The molecule has 0 radical (unpaired) electrons. The molecule has 0 aliphatic carbocycles. The summed E-state index contributed by atoms with van der Waals surface area (Å²) in [5, 5.41) is 13.1. The van der Waals surface area contributed by atoms with Gasteiger partial charge in [0.15, 0.2) is 0 Å². The molecule has 0 aromatic heterocycles. The number of hydrogen-bond acceptors (Lipinski definition) is 4. The summed E-state index contributed by atoms with van der Waals surface area (Å²) < 4.78 is 13.6. The Morgan fingerprint density at radius 1 is 1.15 bits per heavy atom. The fourth-order valence-corrected chi connectivity index (χ4v) is 4.74. The van der Waals surface area contributed by atoms with Gasteiger partial charge in [-0.3, -0.25) is 0 Å². The first-order valence-electron chi connectivity index (χ1n) is 9.12. The van der Waals surface area contributed by atoms with Crippen LogP contribution < -0.4 is 10.2 Å². The molecule has 1 unspecified atom stereocenters. The Hall–Kier alpha value is -2.41. The largest absolute Gasteiger partial charge is 0.506 e. The summed E-state index contributed by atoms with van der Waals surface area (Å²) in [6.45, 7) is 2.49. The van der Waals surface area contributed by atoms with Crippen LogP contribution in [-0.2, 0) is 0 Å². The van der Waals surface area contributed by atoms with Crippen molar-refractivity contribution in [3.63, 3.8) is 0 Å². The van der Waals surface area contributed by atoms with Crippen LogP contribution in [0.5, 0.6) is 5.75 Å². The van der Waals surface area contributed by atoms with Crippen LogP contribution in [-0.4, -0.2) is 48.0 Å². The Bertz CT molecular complexity index is 840. The Morgan fingerprint density at radius 2 is 1.93 bits per heavy atom. The van der Waals surface area contributed by atoms with Crippen molar-refractivity contribution in [1.29, 1.82) is 0 Å². The van der Waals surface area contributed by atoms with Gasteiger partial charge in [0.2, 0.25) is 0 Å². The quantitative estimate of drug-likeness (QED) is 0.827. The standard InChI is InChI=1S/C20H22FN3O2S/c21-14-5-6-19-15(13-14)16(7-12-27-19)22-20(26)24-10-8-23(9-11-24)17-3-1-2-4-18(17)25/h1-6,13,16,25H,7-12H2,(H,22,26). The van der Waals surface area contributed by atoms with Crippen LogP contribution in [0.4, 0.5) is 14.9 Å². The summed E-state index contributed by atoms with van der Waals surface area (Å²) in [5.41, 5.74) is 1.67. The molecule has 1 saturated heterocycles. The Kier molecular flexibility index (Phi) is 5.11. The van der Waals surface area contributed by atoms with Gasteiger partial charge in [-0.15, -0.1) is 11.8 Å². The van der Waals surface area contributed by atoms with Crippen molar-refractivity contribution in [3.8, 4) is 5.75 Å². The molecule has 2 heterocycles. The summed E-state index contributed by atoms with van der Waals surface area (Å²) in [5.74, 6) is 0.894. The molecule has 2 aliphatic rings. The van der Waals surface area contributed by atoms with E-state index < -0.39 is 0 Å². The van der Waals surface area contributed by atoms with E-state index in [1.165, 1.54) is 12.1 Å². The average Bonchev–Trinajstić information content (AvgIpc) is 2.69. The molecule has 7 heteroatoms. The summed E-state index contributed by atoms with van der Waals surface area (Å²) in [7, 11) is 0. The molecular formula is C20H22FN3O2S. The average molecular weight is 387 g/mol. The van der Waals surface area contributed by atoms with E-state index in [0.717, 1.165) is 28.3 Å². The van der Waals surface area contributed by atoms with Crippen molar-refractivity contribution in [1.82, 2.24) is 10.2 Å². The van der Waals surface area contributed by atoms with E-state index in [4.69, 9.17) is 0 Å². The normalized spacial score (nSPS) is 19.5. The number of benzene rings is 2. The van der Waals surface area contributed by atoms with Gasteiger partial charge in [-0.1, -0.05) is 12.1 Å². The van der Waals surface area contributed by atoms with Crippen LogP contribution >= 0.6 is 11.8 Å². The Morgan fingerprint density at radius 3 is 2.70 bits per heavy atom. The zero-order chi connectivity index (χ0) is 18.8. The fraction of sp³-hybridized carbons (Fsp3) is 0.350. The number of carbonyl (C=O) groups excluding carboxylic acids is 1. The topological polar surface area (TPSA) is 55.8 Å². The number of urea groups is 1. The molecule has 0 saturated carbocycles. The third-order valence-electron chi connectivity index (χ3n) is 5.10. The molecule has 2 aromatic carbocycles. The van der Waals surface area contributed by atoms with Crippen molar-refractivity contribution in [2.75, 3.05) is 36.8 Å². The number of phenolic OH excluding ortho intramolecular Hbond substituents is 1. The summed E-state index contributed by atoms with van der Waals surface area (Å²) in [4.78, 5) is 17.6. The molecule has 2 aromatic rings. The second-order valence-corrected chi connectivity index (χ2v) is 7.92. The maximum absolute atomic E-state index is 13.6. The number of nitrogens with one attached hydrogen (secondary N) is 1. The van der Waals surface area contributed by atoms with Gasteiger partial charge < -0.3 is 20.2 Å². The van der Waals surface area contributed by atoms with Crippen molar-refractivity contribution in [2.24, 2.45) is 0 Å². The molecule has 2 N–H and O–H groups in total. The van der Waals surface area contributed by atoms with E-state index in [2.05, 4.69) is 10.2 Å². The fourth-order valence-electron chi connectivity index (χ4n) is 3.64. The molecule has 142 valence electrons. The van der Waals surface area contributed by atoms with Crippen LogP contribution in [0.2, 0.25) is 0 Å². The van der Waals surface area contributed by atoms with Gasteiger partial charge in [0.1, 0.15) is 11.6 Å². The van der Waals surface area contributed by atoms with E-state index in [1.807, 2.05) is 12.1 Å². The van der Waals surface area contributed by atoms with Gasteiger partial charge in [0.25, 0.3) is 0 Å². The lowest BCUT2D eigenvalue weighted by Crippen LogP contribution is -2.52. The van der Waals surface area contributed by atoms with Crippen molar-refractivity contribution >= 4 is 23.5 Å². The summed E-state index contributed by atoms with van der Waals surface area (Å²) in [6.07, 6.45) is 0.796. The second-order valence-electron chi connectivity index (χ2n) is 6.78. The summed E-state index contributed by atoms with van der Waals surface area (Å²) in [6, 6.07) is 11.8. The molecule has 0 bridgehead atoms. The molecular weight excluding hydrogens is 365 g/mol. The highest BCUT2D eigenvalue weighted by Crippen LogP contribution is 2.36. The molecule has 27 heavy (non-hydrogen) atoms. The number of fused-ring (bicyclic) bond motifs is 1. The molecule has 1 atom stereocenters. The highest BCUT2D eigenvalue weighted by Gasteiger charge is 2.27. The zero-order valence-corrected chi connectivity index (χ0v) is 15.7. The monoisotopic (exact) mass is 387 g/mol. The highest BCUT2D eigenvalue weighted by molar-refractivity contribution is 7.99. The molecule has 0 spiro atoms. The predicted molar refractivity (Wildman–Crippen MR) is 105 cm³/mol. The summed E-state index contributed by atoms with van der Waals surface area (Å²) >= 11 is 1.70. The molecule has 2 amide bonds. The lowest BCUT2D eigenvalue weighted by atomic mass is 10.0. The van der Waals surface area contributed by atoms with E-state index in [-0.39, 0.29) is 23.6 Å². The number of carbonyl (C=O) groups is 1. The van der Waals surface area contributed by atoms with Crippen LogP contribution in [0.1, 0.15) is 18.0 Å². The minimum Gasteiger partial charge on any atom is -0.506 e. The van der Waals surface area contributed by atoms with Gasteiger partial charge in [0.05, 0.1) is 11.7 Å². The second kappa shape index (κ2) is 7.68. The lowest BCUT2D eigenvalue weighted by molar-refractivity contribution is 0.189. The third-order valence-corrected chi connectivity index (χ3v) is 6.22. The molecule has 2 aliphatic heterocycles. The van der Waals surface area contributed by atoms with Crippen LogP contribution in [0.25, 0.3) is 0 Å². The zero-order valence-electron chi connectivity index (χ0n) is 14.9. The van der Waals surface area contributed by atoms with E-state index >= 15 is 0 Å². The van der Waals surface area contributed by atoms with Gasteiger partial charge in [0, 0.05) is 36.8 Å². The third kappa shape index (κ3) is 3.83. The van der Waals surface area contributed by atoms with E-state index in [9.17, 15) is 14.3 Å². The van der Waals surface area contributed by atoms with Crippen molar-refractivity contribution in [3.05, 3.63) is 53.8 Å². The maximum atomic E-state index is 13.6. The number of nitrogens with zero attached hydrogens (tertiary/aromatic N) is 2. The first-order valence-corrected chi connectivity index (χ1v) is 10.1. The predicted octanol–water partition coefficient (Wildman–Crippen LogP) is 3.60. The minimum atomic E-state index is -0.271. The van der Waals surface area contributed by atoms with Gasteiger partial charge in [-0.2, -0.15) is 0 Å². The van der Waals surface area contributed by atoms with Gasteiger partial charge >= 0.3 is 6.03 Å². The maximum Gasteiger partial charge on any atom is 0.318 e. The SMILES string of the molecule is O=C(NC1CCSc2ccc(F)cc21)N1CCN(c2ccccc2O)CC1. The molecule has 5 nitrogen and oxygen atoms in total.